The van der Waals surface area contributed by atoms with Crippen molar-refractivity contribution in [2.45, 2.75) is 19.3 Å². The zero-order valence-electron chi connectivity index (χ0n) is 9.36. The summed E-state index contributed by atoms with van der Waals surface area (Å²) < 4.78 is 0. The topological polar surface area (TPSA) is 29.1 Å². The number of benzene rings is 1. The molecule has 16 heavy (non-hydrogen) atoms. The zero-order valence-corrected chi connectivity index (χ0v) is 9.36. The number of nitrogens with one attached hydrogen (secondary N) is 1. The summed E-state index contributed by atoms with van der Waals surface area (Å²) in [5, 5.41) is 3.32. The molecule has 0 radical (unpaired) electrons. The fourth-order valence-electron chi connectivity index (χ4n) is 1.56. The fraction of sp³-hybridized carbons (Fsp3) is 0.357. The van der Waals surface area contributed by atoms with Crippen LogP contribution in [0.5, 0.6) is 0 Å². The van der Waals surface area contributed by atoms with Crippen LogP contribution in [0.1, 0.15) is 29.6 Å². The summed E-state index contributed by atoms with van der Waals surface area (Å²) in [5.41, 5.74) is 1.80. The second kappa shape index (κ2) is 5.50. The lowest BCUT2D eigenvalue weighted by molar-refractivity contribution is 0.112. The molecule has 0 bridgehead atoms. The first-order chi connectivity index (χ1) is 7.88. The highest BCUT2D eigenvalue weighted by molar-refractivity contribution is 5.75. The monoisotopic (exact) mass is 215 g/mol. The molecule has 1 aromatic carbocycles. The Bertz CT molecular complexity index is 363. The predicted octanol–water partition coefficient (Wildman–Crippen LogP) is 3.27. The number of hydrogen-bond donors (Lipinski definition) is 1. The Morgan fingerprint density at radius 1 is 1.25 bits per heavy atom. The maximum Gasteiger partial charge on any atom is 0.150 e. The average Bonchev–Trinajstić information content (AvgIpc) is 3.13. The van der Waals surface area contributed by atoms with Gasteiger partial charge < -0.3 is 5.32 Å². The van der Waals surface area contributed by atoms with Gasteiger partial charge in [0.05, 0.1) is 0 Å². The van der Waals surface area contributed by atoms with E-state index < -0.39 is 0 Å². The molecule has 1 aromatic rings. The van der Waals surface area contributed by atoms with Crippen molar-refractivity contribution in [1.29, 1.82) is 0 Å². The third kappa shape index (κ3) is 3.54. The third-order valence-electron chi connectivity index (χ3n) is 2.72. The first-order valence-corrected chi connectivity index (χ1v) is 5.84. The lowest BCUT2D eigenvalue weighted by Gasteiger charge is -2.04. The van der Waals surface area contributed by atoms with Gasteiger partial charge in [-0.1, -0.05) is 12.2 Å². The summed E-state index contributed by atoms with van der Waals surface area (Å²) in [6.07, 6.45) is 9.24. The van der Waals surface area contributed by atoms with Gasteiger partial charge in [0, 0.05) is 17.8 Å². The molecule has 2 rings (SSSR count). The maximum absolute atomic E-state index is 10.5. The minimum atomic E-state index is 0.721. The molecule has 0 heterocycles. The Morgan fingerprint density at radius 2 is 2.00 bits per heavy atom. The molecule has 0 unspecified atom stereocenters. The van der Waals surface area contributed by atoms with Crippen molar-refractivity contribution in [1.82, 2.24) is 0 Å². The van der Waals surface area contributed by atoms with Crippen LogP contribution in [0, 0.1) is 5.92 Å². The third-order valence-corrected chi connectivity index (χ3v) is 2.72. The lowest BCUT2D eigenvalue weighted by atomic mass is 10.2. The Kier molecular flexibility index (Phi) is 3.76. The van der Waals surface area contributed by atoms with Crippen molar-refractivity contribution >= 4 is 12.0 Å². The van der Waals surface area contributed by atoms with Gasteiger partial charge >= 0.3 is 0 Å². The summed E-state index contributed by atoms with van der Waals surface area (Å²) in [5.74, 6) is 0.867. The second-order valence-corrected chi connectivity index (χ2v) is 4.22. The molecule has 0 atom stereocenters. The second-order valence-electron chi connectivity index (χ2n) is 4.22. The summed E-state index contributed by atoms with van der Waals surface area (Å²) in [6.45, 7) is 0.948. The van der Waals surface area contributed by atoms with Crippen LogP contribution in [0.25, 0.3) is 0 Å². The highest BCUT2D eigenvalue weighted by Crippen LogP contribution is 2.30. The molecule has 1 aliphatic rings. The normalized spacial score (nSPS) is 15.2. The molecule has 1 fully saturated rings. The van der Waals surface area contributed by atoms with Crippen LogP contribution in [0.3, 0.4) is 0 Å². The maximum atomic E-state index is 10.5. The molecule has 84 valence electrons. The molecule has 0 saturated heterocycles. The number of rotatable bonds is 6. The Morgan fingerprint density at radius 3 is 2.62 bits per heavy atom. The average molecular weight is 215 g/mol. The molecule has 2 heteroatoms. The van der Waals surface area contributed by atoms with Gasteiger partial charge in [-0.25, -0.2) is 0 Å². The van der Waals surface area contributed by atoms with E-state index in [0.29, 0.717) is 0 Å². The molecule has 0 aromatic heterocycles. The predicted molar refractivity (Wildman–Crippen MR) is 66.8 cm³/mol. The summed E-state index contributed by atoms with van der Waals surface area (Å²) in [6, 6.07) is 7.54. The van der Waals surface area contributed by atoms with Crippen LogP contribution in [0.4, 0.5) is 5.69 Å². The van der Waals surface area contributed by atoms with Gasteiger partial charge in [0.15, 0.2) is 0 Å². The highest BCUT2D eigenvalue weighted by Gasteiger charge is 2.16. The Balaban J connectivity index is 1.69. The van der Waals surface area contributed by atoms with Crippen LogP contribution < -0.4 is 5.32 Å². The zero-order chi connectivity index (χ0) is 11.2. The Hall–Kier alpha value is -1.57. The molecule has 2 nitrogen and oxygen atoms in total. The van der Waals surface area contributed by atoms with Crippen LogP contribution in [0.15, 0.2) is 36.4 Å². The van der Waals surface area contributed by atoms with Gasteiger partial charge in [0.1, 0.15) is 6.29 Å². The number of carbonyl (C=O) groups is 1. The minimum Gasteiger partial charge on any atom is -0.385 e. The molecular weight excluding hydrogens is 198 g/mol. The van der Waals surface area contributed by atoms with Crippen molar-refractivity contribution in [2.75, 3.05) is 11.9 Å². The number of hydrogen-bond acceptors (Lipinski definition) is 2. The van der Waals surface area contributed by atoms with Crippen molar-refractivity contribution in [3.63, 3.8) is 0 Å². The summed E-state index contributed by atoms with van der Waals surface area (Å²) in [4.78, 5) is 10.5. The number of anilines is 1. The van der Waals surface area contributed by atoms with E-state index in [0.717, 1.165) is 36.4 Å². The number of allylic oxidation sites excluding steroid dienone is 1. The van der Waals surface area contributed by atoms with Crippen LogP contribution in [-0.2, 0) is 0 Å². The van der Waals surface area contributed by atoms with E-state index >= 15 is 0 Å². The quantitative estimate of drug-likeness (QED) is 0.448. The van der Waals surface area contributed by atoms with Crippen LogP contribution in [0.2, 0.25) is 0 Å². The van der Waals surface area contributed by atoms with E-state index in [4.69, 9.17) is 0 Å². The largest absolute Gasteiger partial charge is 0.385 e. The van der Waals surface area contributed by atoms with Gasteiger partial charge in [-0.15, -0.1) is 0 Å². The molecule has 0 aliphatic heterocycles. The summed E-state index contributed by atoms with van der Waals surface area (Å²) >= 11 is 0. The van der Waals surface area contributed by atoms with E-state index in [1.54, 1.807) is 0 Å². The van der Waals surface area contributed by atoms with Crippen molar-refractivity contribution in [2.24, 2.45) is 5.92 Å². The van der Waals surface area contributed by atoms with Crippen molar-refractivity contribution < 1.29 is 4.79 Å². The molecule has 1 saturated carbocycles. The van der Waals surface area contributed by atoms with Gasteiger partial charge in [-0.2, -0.15) is 0 Å². The number of aldehydes is 1. The first kappa shape index (κ1) is 10.9. The number of carbonyl (C=O) groups excluding carboxylic acids is 1. The van der Waals surface area contributed by atoms with E-state index in [-0.39, 0.29) is 0 Å². The summed E-state index contributed by atoms with van der Waals surface area (Å²) in [7, 11) is 0. The standard InChI is InChI=1S/C14H17NO/c16-11-13-6-8-14(9-7-13)15-10-2-1-3-12-4-5-12/h1,3,6-9,11-12,15H,2,4-5,10H2. The molecule has 0 spiro atoms. The van der Waals surface area contributed by atoms with Gasteiger partial charge in [0.25, 0.3) is 0 Å². The molecule has 1 N–H and O–H groups in total. The first-order valence-electron chi connectivity index (χ1n) is 5.84. The van der Waals surface area contributed by atoms with Crippen LogP contribution >= 0.6 is 0 Å². The van der Waals surface area contributed by atoms with Gasteiger partial charge in [-0.3, -0.25) is 4.79 Å². The smallest absolute Gasteiger partial charge is 0.150 e. The van der Waals surface area contributed by atoms with E-state index in [9.17, 15) is 4.79 Å². The van der Waals surface area contributed by atoms with E-state index in [2.05, 4.69) is 17.5 Å². The molecule has 0 amide bonds. The van der Waals surface area contributed by atoms with E-state index in [1.165, 1.54) is 12.8 Å². The van der Waals surface area contributed by atoms with Gasteiger partial charge in [-0.05, 0) is 49.4 Å². The Labute approximate surface area is 96.4 Å². The minimum absolute atomic E-state index is 0.721. The SMILES string of the molecule is O=Cc1ccc(NCCC=CC2CC2)cc1. The van der Waals surface area contributed by atoms with E-state index in [1.807, 2.05) is 24.3 Å². The molecule has 1 aliphatic carbocycles. The van der Waals surface area contributed by atoms with Crippen molar-refractivity contribution in [3.05, 3.63) is 42.0 Å². The van der Waals surface area contributed by atoms with Crippen molar-refractivity contribution in [3.8, 4) is 0 Å². The molecular formula is C14H17NO. The van der Waals surface area contributed by atoms with Crippen LogP contribution in [-0.4, -0.2) is 12.8 Å². The highest BCUT2D eigenvalue weighted by atomic mass is 16.1. The fourth-order valence-corrected chi connectivity index (χ4v) is 1.56. The van der Waals surface area contributed by atoms with Gasteiger partial charge in [0.2, 0.25) is 0 Å². The lowest BCUT2D eigenvalue weighted by Crippen LogP contribution is -1.99.